The molecular formula is C23H50N4O. The van der Waals surface area contributed by atoms with Gasteiger partial charge in [-0.1, -0.05) is 53.4 Å². The van der Waals surface area contributed by atoms with Crippen LogP contribution in [0, 0.1) is 0 Å². The van der Waals surface area contributed by atoms with Gasteiger partial charge in [-0.3, -0.25) is 0 Å². The molecule has 0 aliphatic rings. The van der Waals surface area contributed by atoms with Gasteiger partial charge in [0.1, 0.15) is 0 Å². The second-order valence-electron chi connectivity index (χ2n) is 8.13. The SMILES string of the molecule is CCCCN(CCCC)CCCN(CCCN(CCCC)CCCC)C(N)=O. The average Bonchev–Trinajstić information content (AvgIpc) is 2.69. The zero-order valence-corrected chi connectivity index (χ0v) is 19.6. The van der Waals surface area contributed by atoms with Crippen LogP contribution in [0.4, 0.5) is 4.79 Å². The number of hydrogen-bond donors (Lipinski definition) is 1. The summed E-state index contributed by atoms with van der Waals surface area (Å²) in [5.41, 5.74) is 5.65. The second-order valence-corrected chi connectivity index (χ2v) is 8.13. The van der Waals surface area contributed by atoms with Crippen molar-refractivity contribution in [3.8, 4) is 0 Å². The minimum Gasteiger partial charge on any atom is -0.351 e. The lowest BCUT2D eigenvalue weighted by atomic mass is 10.2. The van der Waals surface area contributed by atoms with Crippen LogP contribution >= 0.6 is 0 Å². The highest BCUT2D eigenvalue weighted by Gasteiger charge is 2.12. The van der Waals surface area contributed by atoms with Gasteiger partial charge in [0.05, 0.1) is 0 Å². The van der Waals surface area contributed by atoms with E-state index in [0.29, 0.717) is 0 Å². The average molecular weight is 399 g/mol. The molecule has 0 rings (SSSR count). The number of nitrogens with zero attached hydrogens (tertiary/aromatic N) is 3. The van der Waals surface area contributed by atoms with E-state index in [9.17, 15) is 4.79 Å². The van der Waals surface area contributed by atoms with E-state index in [-0.39, 0.29) is 6.03 Å². The Bertz CT molecular complexity index is 309. The van der Waals surface area contributed by atoms with E-state index in [0.717, 1.165) is 39.0 Å². The highest BCUT2D eigenvalue weighted by atomic mass is 16.2. The molecule has 0 fully saturated rings. The van der Waals surface area contributed by atoms with Crippen molar-refractivity contribution in [2.45, 2.75) is 91.9 Å². The molecule has 168 valence electrons. The van der Waals surface area contributed by atoms with Crippen LogP contribution in [0.1, 0.15) is 91.9 Å². The van der Waals surface area contributed by atoms with Crippen molar-refractivity contribution in [1.82, 2.24) is 14.7 Å². The molecule has 0 heterocycles. The van der Waals surface area contributed by atoms with Gasteiger partial charge in [0.25, 0.3) is 0 Å². The maximum absolute atomic E-state index is 11.9. The second kappa shape index (κ2) is 19.5. The minimum absolute atomic E-state index is 0.262. The molecule has 0 saturated heterocycles. The van der Waals surface area contributed by atoms with E-state index in [1.165, 1.54) is 77.5 Å². The summed E-state index contributed by atoms with van der Waals surface area (Å²) in [5, 5.41) is 0. The van der Waals surface area contributed by atoms with Crippen LogP contribution in [0.3, 0.4) is 0 Å². The van der Waals surface area contributed by atoms with Gasteiger partial charge in [-0.15, -0.1) is 0 Å². The fourth-order valence-corrected chi connectivity index (χ4v) is 3.50. The Hall–Kier alpha value is -0.810. The Morgan fingerprint density at radius 3 is 1.07 bits per heavy atom. The Balaban J connectivity index is 4.28. The molecule has 0 spiro atoms. The van der Waals surface area contributed by atoms with E-state index in [2.05, 4.69) is 37.5 Å². The molecule has 0 atom stereocenters. The number of nitrogens with two attached hydrogens (primary N) is 1. The molecular weight excluding hydrogens is 348 g/mol. The summed E-state index contributed by atoms with van der Waals surface area (Å²) < 4.78 is 0. The van der Waals surface area contributed by atoms with Crippen LogP contribution < -0.4 is 5.73 Å². The highest BCUT2D eigenvalue weighted by molar-refractivity contribution is 5.71. The number of carbonyl (C=O) groups excluding carboxylic acids is 1. The van der Waals surface area contributed by atoms with E-state index >= 15 is 0 Å². The van der Waals surface area contributed by atoms with Crippen LogP contribution in [0.15, 0.2) is 0 Å². The Morgan fingerprint density at radius 1 is 0.536 bits per heavy atom. The number of amides is 2. The number of unbranched alkanes of at least 4 members (excludes halogenated alkanes) is 4. The smallest absolute Gasteiger partial charge is 0.314 e. The van der Waals surface area contributed by atoms with E-state index in [1.807, 2.05) is 4.90 Å². The molecule has 0 aliphatic carbocycles. The third-order valence-electron chi connectivity index (χ3n) is 5.43. The lowest BCUT2D eigenvalue weighted by Gasteiger charge is -2.26. The number of primary amides is 1. The molecule has 2 N–H and O–H groups in total. The molecule has 0 aromatic carbocycles. The zero-order valence-electron chi connectivity index (χ0n) is 19.6. The van der Waals surface area contributed by atoms with E-state index < -0.39 is 0 Å². The lowest BCUT2D eigenvalue weighted by Crippen LogP contribution is -2.40. The van der Waals surface area contributed by atoms with Gasteiger partial charge in [0.15, 0.2) is 0 Å². The molecule has 5 nitrogen and oxygen atoms in total. The maximum Gasteiger partial charge on any atom is 0.314 e. The van der Waals surface area contributed by atoms with Gasteiger partial charge in [0.2, 0.25) is 0 Å². The van der Waals surface area contributed by atoms with Crippen molar-refractivity contribution in [3.05, 3.63) is 0 Å². The summed E-state index contributed by atoms with van der Waals surface area (Å²) in [5.74, 6) is 0. The van der Waals surface area contributed by atoms with Crippen molar-refractivity contribution in [2.75, 3.05) is 52.4 Å². The van der Waals surface area contributed by atoms with Crippen LogP contribution in [0.25, 0.3) is 0 Å². The standard InChI is InChI=1S/C23H50N4O/c1-5-9-15-25(16-10-6-2)19-13-21-27(23(24)28)22-14-20-26(17-11-7-3)18-12-8-4/h5-22H2,1-4H3,(H2,24,28). The van der Waals surface area contributed by atoms with E-state index in [4.69, 9.17) is 5.73 Å². The molecule has 0 unspecified atom stereocenters. The van der Waals surface area contributed by atoms with Crippen LogP contribution in [0.2, 0.25) is 0 Å². The van der Waals surface area contributed by atoms with Crippen LogP contribution in [-0.2, 0) is 0 Å². The predicted molar refractivity (Wildman–Crippen MR) is 123 cm³/mol. The summed E-state index contributed by atoms with van der Waals surface area (Å²) in [6, 6.07) is -0.262. The predicted octanol–water partition coefficient (Wildman–Crippen LogP) is 4.95. The van der Waals surface area contributed by atoms with Crippen molar-refractivity contribution < 1.29 is 4.79 Å². The molecule has 2 amide bonds. The minimum atomic E-state index is -0.262. The highest BCUT2D eigenvalue weighted by Crippen LogP contribution is 2.04. The van der Waals surface area contributed by atoms with Crippen LogP contribution in [0.5, 0.6) is 0 Å². The van der Waals surface area contributed by atoms with Crippen molar-refractivity contribution >= 4 is 6.03 Å². The Morgan fingerprint density at radius 2 is 0.821 bits per heavy atom. The molecule has 5 heteroatoms. The van der Waals surface area contributed by atoms with Crippen molar-refractivity contribution in [2.24, 2.45) is 5.73 Å². The summed E-state index contributed by atoms with van der Waals surface area (Å²) in [7, 11) is 0. The van der Waals surface area contributed by atoms with Crippen molar-refractivity contribution in [3.63, 3.8) is 0 Å². The Labute approximate surface area is 176 Å². The number of hydrogen-bond acceptors (Lipinski definition) is 3. The largest absolute Gasteiger partial charge is 0.351 e. The quantitative estimate of drug-likeness (QED) is 0.316. The fraction of sp³-hybridized carbons (Fsp3) is 0.957. The van der Waals surface area contributed by atoms with Gasteiger partial charge in [-0.05, 0) is 77.8 Å². The van der Waals surface area contributed by atoms with E-state index in [1.54, 1.807) is 0 Å². The summed E-state index contributed by atoms with van der Waals surface area (Å²) in [4.78, 5) is 18.8. The topological polar surface area (TPSA) is 52.8 Å². The normalized spacial score (nSPS) is 11.5. The van der Waals surface area contributed by atoms with Gasteiger partial charge in [-0.2, -0.15) is 0 Å². The number of rotatable bonds is 20. The molecule has 28 heavy (non-hydrogen) atoms. The molecule has 0 aromatic heterocycles. The first-order valence-corrected chi connectivity index (χ1v) is 12.1. The lowest BCUT2D eigenvalue weighted by molar-refractivity contribution is 0.191. The number of urea groups is 1. The summed E-state index contributed by atoms with van der Waals surface area (Å²) in [6.07, 6.45) is 12.0. The van der Waals surface area contributed by atoms with Crippen molar-refractivity contribution in [1.29, 1.82) is 0 Å². The van der Waals surface area contributed by atoms with Gasteiger partial charge < -0.3 is 20.4 Å². The molecule has 0 bridgehead atoms. The fourth-order valence-electron chi connectivity index (χ4n) is 3.50. The first kappa shape index (κ1) is 27.2. The molecule has 0 radical (unpaired) electrons. The third kappa shape index (κ3) is 15.2. The molecule has 0 saturated carbocycles. The Kier molecular flexibility index (Phi) is 18.9. The van der Waals surface area contributed by atoms with Gasteiger partial charge in [-0.25, -0.2) is 4.79 Å². The first-order valence-electron chi connectivity index (χ1n) is 12.1. The first-order chi connectivity index (χ1) is 13.6. The zero-order chi connectivity index (χ0) is 21.0. The maximum atomic E-state index is 11.9. The summed E-state index contributed by atoms with van der Waals surface area (Å²) in [6.45, 7) is 17.4. The van der Waals surface area contributed by atoms with Gasteiger partial charge >= 0.3 is 6.03 Å². The third-order valence-corrected chi connectivity index (χ3v) is 5.43. The molecule has 0 aliphatic heterocycles. The monoisotopic (exact) mass is 398 g/mol. The van der Waals surface area contributed by atoms with Gasteiger partial charge in [0, 0.05) is 13.1 Å². The number of carbonyl (C=O) groups is 1. The van der Waals surface area contributed by atoms with Crippen LogP contribution in [-0.4, -0.2) is 73.1 Å². The molecule has 0 aromatic rings. The summed E-state index contributed by atoms with van der Waals surface area (Å²) >= 11 is 0.